The second-order valence-corrected chi connectivity index (χ2v) is 10.9. The Bertz CT molecular complexity index is 1170. The van der Waals surface area contributed by atoms with Gasteiger partial charge in [0.2, 0.25) is 0 Å². The monoisotopic (exact) mass is 535 g/mol. The first-order chi connectivity index (χ1) is 17.1. The molecule has 36 heavy (non-hydrogen) atoms. The number of likely N-dealkylation sites (N-methyl/N-ethyl adjacent to an activating group) is 1. The zero-order valence-electron chi connectivity index (χ0n) is 21.0. The highest BCUT2D eigenvalue weighted by molar-refractivity contribution is 6.44. The SMILES string of the molecule is CN1CCC[C@H]1COc1nc(N2CCN(C(=O)OC(C)(C)C)[C@@H](CC#N)C2)c2cnc(Cl)c(Cl)c2n1. The summed E-state index contributed by atoms with van der Waals surface area (Å²) in [7, 11) is 2.08. The molecule has 2 saturated heterocycles. The van der Waals surface area contributed by atoms with Crippen LogP contribution < -0.4 is 9.64 Å². The van der Waals surface area contributed by atoms with E-state index < -0.39 is 11.7 Å². The van der Waals surface area contributed by atoms with E-state index >= 15 is 0 Å². The fourth-order valence-electron chi connectivity index (χ4n) is 4.55. The van der Waals surface area contributed by atoms with Gasteiger partial charge in [0, 0.05) is 31.9 Å². The summed E-state index contributed by atoms with van der Waals surface area (Å²) in [5, 5.41) is 10.4. The van der Waals surface area contributed by atoms with Crippen LogP contribution in [-0.2, 0) is 4.74 Å². The van der Waals surface area contributed by atoms with Crippen molar-refractivity contribution >= 4 is 46.0 Å². The number of ether oxygens (including phenoxy) is 2. The van der Waals surface area contributed by atoms with Crippen LogP contribution in [0.25, 0.3) is 10.9 Å². The number of rotatable bonds is 5. The predicted octanol–water partition coefficient (Wildman–Crippen LogP) is 4.14. The highest BCUT2D eigenvalue weighted by Gasteiger charge is 2.35. The van der Waals surface area contributed by atoms with Crippen LogP contribution in [0.15, 0.2) is 6.20 Å². The van der Waals surface area contributed by atoms with Crippen LogP contribution in [0.3, 0.4) is 0 Å². The second-order valence-electron chi connectivity index (χ2n) is 10.2. The van der Waals surface area contributed by atoms with Gasteiger partial charge in [-0.2, -0.15) is 15.2 Å². The van der Waals surface area contributed by atoms with Crippen molar-refractivity contribution in [3.05, 3.63) is 16.4 Å². The summed E-state index contributed by atoms with van der Waals surface area (Å²) in [6.07, 6.45) is 3.49. The maximum absolute atomic E-state index is 12.8. The lowest BCUT2D eigenvalue weighted by atomic mass is 10.1. The topological polar surface area (TPSA) is 108 Å². The Morgan fingerprint density at radius 3 is 2.67 bits per heavy atom. The average Bonchev–Trinajstić information content (AvgIpc) is 3.23. The zero-order chi connectivity index (χ0) is 26.0. The molecule has 0 radical (unpaired) electrons. The summed E-state index contributed by atoms with van der Waals surface area (Å²) in [4.78, 5) is 32.2. The summed E-state index contributed by atoms with van der Waals surface area (Å²) >= 11 is 12.7. The Balaban J connectivity index is 1.64. The van der Waals surface area contributed by atoms with Crippen LogP contribution in [0.4, 0.5) is 10.6 Å². The molecule has 2 aromatic rings. The molecule has 0 aromatic carbocycles. The Labute approximate surface area is 221 Å². The second kappa shape index (κ2) is 10.8. The van der Waals surface area contributed by atoms with Crippen molar-refractivity contribution < 1.29 is 14.3 Å². The van der Waals surface area contributed by atoms with Gasteiger partial charge in [0.05, 0.1) is 23.9 Å². The number of carbonyl (C=O) groups is 1. The molecule has 12 heteroatoms. The molecule has 2 aromatic heterocycles. The molecule has 0 saturated carbocycles. The van der Waals surface area contributed by atoms with Gasteiger partial charge in [0.15, 0.2) is 0 Å². The predicted molar refractivity (Wildman–Crippen MR) is 138 cm³/mol. The van der Waals surface area contributed by atoms with E-state index in [0.29, 0.717) is 49.0 Å². The number of carbonyl (C=O) groups excluding carboxylic acids is 1. The number of fused-ring (bicyclic) bond motifs is 1. The van der Waals surface area contributed by atoms with Crippen LogP contribution in [0.1, 0.15) is 40.0 Å². The third kappa shape index (κ3) is 5.85. The number of amides is 1. The van der Waals surface area contributed by atoms with Crippen molar-refractivity contribution in [3.8, 4) is 12.1 Å². The maximum atomic E-state index is 12.8. The van der Waals surface area contributed by atoms with E-state index in [1.54, 1.807) is 11.1 Å². The maximum Gasteiger partial charge on any atom is 0.410 e. The summed E-state index contributed by atoms with van der Waals surface area (Å²) in [6, 6.07) is 2.31. The van der Waals surface area contributed by atoms with Crippen LogP contribution in [0, 0.1) is 11.3 Å². The number of likely N-dealkylation sites (tertiary alicyclic amines) is 1. The minimum atomic E-state index is -0.629. The number of nitriles is 1. The number of hydrogen-bond acceptors (Lipinski definition) is 9. The molecule has 10 nitrogen and oxygen atoms in total. The highest BCUT2D eigenvalue weighted by atomic mass is 35.5. The molecule has 2 aliphatic rings. The minimum absolute atomic E-state index is 0.146. The van der Waals surface area contributed by atoms with Gasteiger partial charge in [-0.05, 0) is 47.2 Å². The number of halogens is 2. The molecule has 0 N–H and O–H groups in total. The van der Waals surface area contributed by atoms with Crippen LogP contribution >= 0.6 is 23.2 Å². The molecule has 2 fully saturated rings. The van der Waals surface area contributed by atoms with Gasteiger partial charge in [-0.3, -0.25) is 0 Å². The average molecular weight is 536 g/mol. The lowest BCUT2D eigenvalue weighted by Gasteiger charge is -2.41. The van der Waals surface area contributed by atoms with Crippen LogP contribution in [-0.4, -0.2) is 88.4 Å². The Kier molecular flexibility index (Phi) is 7.93. The molecule has 0 bridgehead atoms. The lowest BCUT2D eigenvalue weighted by Crippen LogP contribution is -2.56. The largest absolute Gasteiger partial charge is 0.462 e. The van der Waals surface area contributed by atoms with E-state index in [0.717, 1.165) is 19.4 Å². The fraction of sp³-hybridized carbons (Fsp3) is 0.625. The number of pyridine rings is 1. The van der Waals surface area contributed by atoms with Crippen LogP contribution in [0.5, 0.6) is 6.01 Å². The van der Waals surface area contributed by atoms with E-state index in [2.05, 4.69) is 28.0 Å². The number of aromatic nitrogens is 3. The van der Waals surface area contributed by atoms with Gasteiger partial charge in [0.25, 0.3) is 0 Å². The van der Waals surface area contributed by atoms with Crippen LogP contribution in [0.2, 0.25) is 10.2 Å². The van der Waals surface area contributed by atoms with Gasteiger partial charge < -0.3 is 24.2 Å². The van der Waals surface area contributed by atoms with Crippen molar-refractivity contribution in [1.29, 1.82) is 5.26 Å². The number of nitrogens with zero attached hydrogens (tertiary/aromatic N) is 7. The Morgan fingerprint density at radius 2 is 2.00 bits per heavy atom. The summed E-state index contributed by atoms with van der Waals surface area (Å²) < 4.78 is 11.6. The van der Waals surface area contributed by atoms with Gasteiger partial charge >= 0.3 is 12.1 Å². The summed E-state index contributed by atoms with van der Waals surface area (Å²) in [5.74, 6) is 0.577. The molecule has 2 atom stereocenters. The summed E-state index contributed by atoms with van der Waals surface area (Å²) in [5.41, 5.74) is -0.182. The fourth-order valence-corrected chi connectivity index (χ4v) is 4.89. The lowest BCUT2D eigenvalue weighted by molar-refractivity contribution is 0.0145. The molecule has 4 rings (SSSR count). The summed E-state index contributed by atoms with van der Waals surface area (Å²) in [6.45, 7) is 8.17. The Hall–Kier alpha value is -2.61. The van der Waals surface area contributed by atoms with Crippen molar-refractivity contribution in [3.63, 3.8) is 0 Å². The van der Waals surface area contributed by atoms with Gasteiger partial charge in [0.1, 0.15) is 33.7 Å². The zero-order valence-corrected chi connectivity index (χ0v) is 22.5. The molecule has 2 aliphatic heterocycles. The standard InChI is InChI=1S/C24H31Cl2N7O3/c1-24(2,3)36-23(34)33-11-10-32(13-15(33)7-8-27)21-17-12-28-20(26)18(25)19(17)29-22(30-21)35-14-16-6-5-9-31(16)4/h12,15-16H,5-7,9-11,13-14H2,1-4H3/t15-,16-/m0/s1. The smallest absolute Gasteiger partial charge is 0.410 e. The molecule has 0 unspecified atom stereocenters. The number of hydrogen-bond donors (Lipinski definition) is 0. The normalized spacial score (nSPS) is 21.0. The third-order valence-electron chi connectivity index (χ3n) is 6.41. The molecule has 194 valence electrons. The van der Waals surface area contributed by atoms with E-state index in [1.807, 2.05) is 25.7 Å². The van der Waals surface area contributed by atoms with E-state index in [4.69, 9.17) is 37.7 Å². The highest BCUT2D eigenvalue weighted by Crippen LogP contribution is 2.35. The quantitative estimate of drug-likeness (QED) is 0.521. The molecule has 0 spiro atoms. The van der Waals surface area contributed by atoms with Crippen molar-refractivity contribution in [1.82, 2.24) is 24.8 Å². The molecule has 0 aliphatic carbocycles. The van der Waals surface area contributed by atoms with Gasteiger partial charge in [-0.25, -0.2) is 9.78 Å². The first kappa shape index (κ1) is 26.5. The third-order valence-corrected chi connectivity index (χ3v) is 7.16. The van der Waals surface area contributed by atoms with E-state index in [9.17, 15) is 10.1 Å². The van der Waals surface area contributed by atoms with E-state index in [-0.39, 0.29) is 28.6 Å². The minimum Gasteiger partial charge on any atom is -0.462 e. The number of anilines is 1. The molecular weight excluding hydrogens is 505 g/mol. The van der Waals surface area contributed by atoms with Gasteiger partial charge in [-0.15, -0.1) is 0 Å². The van der Waals surface area contributed by atoms with Crippen molar-refractivity contribution in [2.45, 2.75) is 57.7 Å². The van der Waals surface area contributed by atoms with E-state index in [1.165, 1.54) is 0 Å². The molecule has 1 amide bonds. The number of piperazine rings is 1. The first-order valence-corrected chi connectivity index (χ1v) is 12.8. The van der Waals surface area contributed by atoms with Crippen molar-refractivity contribution in [2.75, 3.05) is 44.7 Å². The van der Waals surface area contributed by atoms with Gasteiger partial charge in [-0.1, -0.05) is 23.2 Å². The van der Waals surface area contributed by atoms with Crippen molar-refractivity contribution in [2.24, 2.45) is 0 Å². The Morgan fingerprint density at radius 1 is 1.22 bits per heavy atom. The molecular formula is C24H31Cl2N7O3. The first-order valence-electron chi connectivity index (χ1n) is 12.0. The molecule has 4 heterocycles.